The number of hydrogen-bond acceptors (Lipinski definition) is 15. The van der Waals surface area contributed by atoms with E-state index in [1.807, 2.05) is 20.8 Å². The first-order chi connectivity index (χ1) is 32.9. The summed E-state index contributed by atoms with van der Waals surface area (Å²) in [6.07, 6.45) is -0.450. The number of nitrogens with two attached hydrogens (primary N) is 3. The Morgan fingerprint density at radius 2 is 1.36 bits per heavy atom. The van der Waals surface area contributed by atoms with E-state index in [1.165, 1.54) is 24.3 Å². The van der Waals surface area contributed by atoms with Gasteiger partial charge in [0.2, 0.25) is 47.3 Å². The number of nitrogens with zero attached hydrogens (tertiary/aromatic N) is 2. The van der Waals surface area contributed by atoms with Crippen LogP contribution >= 0.6 is 0 Å². The fraction of sp³-hybridized carbons (Fsp3) is 0.636. The minimum Gasteiger partial charge on any atom is -0.508 e. The van der Waals surface area contributed by atoms with E-state index in [-0.39, 0.29) is 75.2 Å². The Hall–Kier alpha value is -6.64. The first kappa shape index (κ1) is 59.5. The maximum atomic E-state index is 13.7. The summed E-state index contributed by atoms with van der Waals surface area (Å²) >= 11 is 0. The highest BCUT2D eigenvalue weighted by atomic mass is 16.4. The Balaban J connectivity index is 2.17. The first-order valence-electron chi connectivity index (χ1n) is 23.0. The molecular weight excluding hydrogens is 921 g/mol. The monoisotopic (exact) mass is 993 g/mol. The van der Waals surface area contributed by atoms with Gasteiger partial charge in [-0.25, -0.2) is 4.79 Å². The lowest BCUT2D eigenvalue weighted by Gasteiger charge is -2.29. The molecule has 26 nitrogen and oxygen atoms in total. The number of phenols is 1. The molecule has 10 atom stereocenters. The molecule has 0 aromatic heterocycles. The molecule has 392 valence electrons. The summed E-state index contributed by atoms with van der Waals surface area (Å²) in [7, 11) is 0. The molecule has 0 saturated carbocycles. The Bertz CT molecular complexity index is 1980. The normalized spacial score (nSPS) is 17.2. The van der Waals surface area contributed by atoms with E-state index < -0.39 is 127 Å². The van der Waals surface area contributed by atoms with Gasteiger partial charge in [0.25, 0.3) is 0 Å². The molecular formula is C44H72N12O14. The number of aromatic hydroxyl groups is 1. The predicted molar refractivity (Wildman–Crippen MR) is 251 cm³/mol. The van der Waals surface area contributed by atoms with Crippen LogP contribution in [0.4, 0.5) is 0 Å². The molecule has 1 aliphatic rings. The second kappa shape index (κ2) is 29.4. The molecule has 0 radical (unpaired) electrons. The summed E-state index contributed by atoms with van der Waals surface area (Å²) in [5, 5.41) is 66.3. The Labute approximate surface area is 405 Å². The molecule has 1 heterocycles. The van der Waals surface area contributed by atoms with Crippen LogP contribution in [0.25, 0.3) is 0 Å². The number of phenolic OH excluding ortho intramolecular Hbond substituents is 1. The highest BCUT2D eigenvalue weighted by Gasteiger charge is 2.40. The third-order valence-electron chi connectivity index (χ3n) is 11.4. The molecule has 26 heteroatoms. The van der Waals surface area contributed by atoms with Crippen LogP contribution in [0.3, 0.4) is 0 Å². The van der Waals surface area contributed by atoms with Crippen LogP contribution < -0.4 is 54.4 Å². The summed E-state index contributed by atoms with van der Waals surface area (Å²) in [5.74, 6) is -9.05. The summed E-state index contributed by atoms with van der Waals surface area (Å²) < 4.78 is 0. The summed E-state index contributed by atoms with van der Waals surface area (Å²) in [5.41, 5.74) is 17.3. The third-order valence-corrected chi connectivity index (χ3v) is 11.4. The number of carbonyl (C=O) groups excluding carboxylic acids is 8. The van der Waals surface area contributed by atoms with E-state index in [0.717, 1.165) is 11.8 Å². The van der Waals surface area contributed by atoms with Gasteiger partial charge in [-0.05, 0) is 68.6 Å². The largest absolute Gasteiger partial charge is 0.508 e. The van der Waals surface area contributed by atoms with Gasteiger partial charge in [0, 0.05) is 19.5 Å². The van der Waals surface area contributed by atoms with Crippen molar-refractivity contribution in [2.45, 2.75) is 134 Å². The van der Waals surface area contributed by atoms with Crippen molar-refractivity contribution in [3.63, 3.8) is 0 Å². The van der Waals surface area contributed by atoms with Gasteiger partial charge in [0.15, 0.2) is 12.0 Å². The van der Waals surface area contributed by atoms with Crippen LogP contribution in [0.5, 0.6) is 5.75 Å². The van der Waals surface area contributed by atoms with E-state index >= 15 is 0 Å². The number of nitrogens with one attached hydrogen (secondary N) is 7. The van der Waals surface area contributed by atoms with Crippen molar-refractivity contribution >= 4 is 59.2 Å². The lowest BCUT2D eigenvalue weighted by molar-refractivity contribution is -0.145. The average Bonchev–Trinajstić information content (AvgIpc) is 3.81. The zero-order valence-electron chi connectivity index (χ0n) is 40.2. The molecule has 8 amide bonds. The smallest absolute Gasteiger partial charge is 0.328 e. The molecule has 1 aromatic rings. The SMILES string of the molecule is CC[C@H](C)[C@H](N)C(=O)N[C@@H](CC(C)C)C(=O)N[C@@H](CCCN=C(N)N)C(=O)NCC(=O)N[C@@H](CO)C(=O)N1CCC[C@H]1C(=O)N[C@@H](CO)C(=O)N[C@@H](Cc1ccc(O)cc1)C(=O)N[C@H](C(=O)O)[C@@H](C)O. The molecule has 0 unspecified atom stereocenters. The van der Waals surface area contributed by atoms with Crippen molar-refractivity contribution in [3.8, 4) is 5.75 Å². The summed E-state index contributed by atoms with van der Waals surface area (Å²) in [4.78, 5) is 124. The van der Waals surface area contributed by atoms with Crippen molar-refractivity contribution < 1.29 is 68.7 Å². The number of amides is 8. The summed E-state index contributed by atoms with van der Waals surface area (Å²) in [6, 6.07) is -5.63. The van der Waals surface area contributed by atoms with Crippen LogP contribution in [0, 0.1) is 11.8 Å². The van der Waals surface area contributed by atoms with Crippen molar-refractivity contribution in [1.82, 2.24) is 42.1 Å². The quantitative estimate of drug-likeness (QED) is 0.0203. The van der Waals surface area contributed by atoms with Gasteiger partial charge < -0.3 is 84.9 Å². The third kappa shape index (κ3) is 19.4. The molecule has 0 bridgehead atoms. The molecule has 0 aliphatic carbocycles. The number of aliphatic carboxylic acids is 1. The number of aliphatic hydroxyl groups is 3. The van der Waals surface area contributed by atoms with Gasteiger partial charge in [-0.15, -0.1) is 0 Å². The maximum Gasteiger partial charge on any atom is 0.328 e. The van der Waals surface area contributed by atoms with E-state index in [0.29, 0.717) is 12.0 Å². The number of hydrogen-bond donors (Lipinski definition) is 15. The van der Waals surface area contributed by atoms with E-state index in [1.54, 1.807) is 6.92 Å². The number of carboxylic acid groups (broad SMARTS) is 1. The Kier molecular flexibility index (Phi) is 25.0. The lowest BCUT2D eigenvalue weighted by atomic mass is 9.97. The molecule has 1 fully saturated rings. The molecule has 1 aliphatic heterocycles. The van der Waals surface area contributed by atoms with Gasteiger partial charge >= 0.3 is 5.97 Å². The fourth-order valence-corrected chi connectivity index (χ4v) is 7.21. The highest BCUT2D eigenvalue weighted by molar-refractivity contribution is 5.98. The Morgan fingerprint density at radius 3 is 1.91 bits per heavy atom. The molecule has 1 aromatic carbocycles. The first-order valence-corrected chi connectivity index (χ1v) is 23.0. The number of carboxylic acids is 1. The predicted octanol–water partition coefficient (Wildman–Crippen LogP) is -5.13. The van der Waals surface area contributed by atoms with E-state index in [2.05, 4.69) is 42.2 Å². The summed E-state index contributed by atoms with van der Waals surface area (Å²) in [6.45, 7) is 5.85. The van der Waals surface area contributed by atoms with Crippen molar-refractivity contribution in [1.29, 1.82) is 0 Å². The fourth-order valence-electron chi connectivity index (χ4n) is 7.21. The second-order valence-corrected chi connectivity index (χ2v) is 17.6. The number of carbonyl (C=O) groups is 9. The molecule has 18 N–H and O–H groups in total. The standard InChI is InChI=1S/C44H72N12O14/c1-6-23(4)34(45)41(67)53-28(17-22(2)3)37(63)51-27(9-7-15-48-44(46)47)36(62)49-19-33(61)50-31(21-58)42(68)56-16-8-10-32(56)40(66)54-30(20-57)39(65)52-29(18-25-11-13-26(60)14-12-25)38(64)55-35(24(5)59)43(69)70/h11-14,22-24,27-32,34-35,57-60H,6-10,15-21,45H2,1-5H3,(H,49,62)(H,50,61)(H,51,63)(H,52,65)(H,53,67)(H,54,66)(H,55,64)(H,69,70)(H4,46,47,48)/t23-,24+,27-,28-,29-,30-,31-,32-,34-,35-/m0/s1. The van der Waals surface area contributed by atoms with Crippen molar-refractivity contribution in [3.05, 3.63) is 29.8 Å². The zero-order valence-corrected chi connectivity index (χ0v) is 40.2. The van der Waals surface area contributed by atoms with Crippen molar-refractivity contribution in [2.24, 2.45) is 34.0 Å². The van der Waals surface area contributed by atoms with Crippen LogP contribution in [0.1, 0.15) is 78.7 Å². The number of aliphatic imine (C=N–C) groups is 1. The van der Waals surface area contributed by atoms with Crippen LogP contribution in [-0.4, -0.2) is 177 Å². The van der Waals surface area contributed by atoms with E-state index in [4.69, 9.17) is 17.2 Å². The molecule has 0 spiro atoms. The highest BCUT2D eigenvalue weighted by Crippen LogP contribution is 2.19. The lowest BCUT2D eigenvalue weighted by Crippen LogP contribution is -2.60. The average molecular weight is 993 g/mol. The minimum atomic E-state index is -1.77. The molecule has 2 rings (SSSR count). The number of guanidine groups is 1. The van der Waals surface area contributed by atoms with Gasteiger partial charge in [0.1, 0.15) is 42.0 Å². The zero-order chi connectivity index (χ0) is 52.8. The van der Waals surface area contributed by atoms with Gasteiger partial charge in [-0.1, -0.05) is 46.2 Å². The van der Waals surface area contributed by atoms with Gasteiger partial charge in [-0.3, -0.25) is 43.3 Å². The van der Waals surface area contributed by atoms with Gasteiger partial charge in [-0.2, -0.15) is 0 Å². The van der Waals surface area contributed by atoms with Crippen LogP contribution in [-0.2, 0) is 49.6 Å². The number of benzene rings is 1. The van der Waals surface area contributed by atoms with E-state index in [9.17, 15) is 68.7 Å². The van der Waals surface area contributed by atoms with Crippen LogP contribution in [0.2, 0.25) is 0 Å². The molecule has 70 heavy (non-hydrogen) atoms. The van der Waals surface area contributed by atoms with Gasteiger partial charge in [0.05, 0.1) is 31.9 Å². The Morgan fingerprint density at radius 1 is 0.771 bits per heavy atom. The maximum absolute atomic E-state index is 13.7. The minimum absolute atomic E-state index is 0.00738. The number of aliphatic hydroxyl groups excluding tert-OH is 3. The number of rotatable bonds is 29. The second-order valence-electron chi connectivity index (χ2n) is 17.6. The van der Waals surface area contributed by atoms with Crippen LogP contribution in [0.15, 0.2) is 29.3 Å². The topological polar surface area (TPSA) is 433 Å². The molecule has 1 saturated heterocycles. The number of likely N-dealkylation sites (tertiary alicyclic amines) is 1. The van der Waals surface area contributed by atoms with Crippen molar-refractivity contribution in [2.75, 3.05) is 32.8 Å².